The summed E-state index contributed by atoms with van der Waals surface area (Å²) in [5.41, 5.74) is 4.43. The van der Waals surface area contributed by atoms with Crippen LogP contribution in [0.25, 0.3) is 0 Å². The average molecular weight is 266 g/mol. The molecule has 2 aromatic carbocycles. The van der Waals surface area contributed by atoms with Crippen molar-refractivity contribution in [1.82, 2.24) is 0 Å². The standard InChI is InChI=1S/C18H18O2/c1-18(2,20)17(19)15-8-7-14-9-12-5-3-4-6-13(12)10-16(14)11-15/h3-8,11,20H,9-10H2,1-2H3. The molecule has 0 aliphatic heterocycles. The van der Waals surface area contributed by atoms with Gasteiger partial charge in [0.1, 0.15) is 5.60 Å². The van der Waals surface area contributed by atoms with Crippen molar-refractivity contribution in [3.63, 3.8) is 0 Å². The van der Waals surface area contributed by atoms with Crippen LogP contribution in [0.3, 0.4) is 0 Å². The predicted molar refractivity (Wildman–Crippen MR) is 79.1 cm³/mol. The van der Waals surface area contributed by atoms with Crippen LogP contribution in [0.15, 0.2) is 42.5 Å². The molecule has 0 bridgehead atoms. The number of carbonyl (C=O) groups excluding carboxylic acids is 1. The predicted octanol–water partition coefficient (Wildman–Crippen LogP) is 3.14. The SMILES string of the molecule is CC(C)(O)C(=O)c1ccc2c(c1)Cc1ccccc1C2. The maximum absolute atomic E-state index is 12.1. The van der Waals surface area contributed by atoms with Gasteiger partial charge in [0.05, 0.1) is 0 Å². The number of aliphatic hydroxyl groups is 1. The Morgan fingerprint density at radius 1 is 0.950 bits per heavy atom. The Bertz CT molecular complexity index is 678. The van der Waals surface area contributed by atoms with Crippen molar-refractivity contribution in [3.05, 3.63) is 70.3 Å². The maximum atomic E-state index is 12.1. The van der Waals surface area contributed by atoms with Gasteiger partial charge in [-0.1, -0.05) is 36.4 Å². The van der Waals surface area contributed by atoms with Gasteiger partial charge < -0.3 is 5.11 Å². The van der Waals surface area contributed by atoms with Crippen molar-refractivity contribution in [1.29, 1.82) is 0 Å². The minimum Gasteiger partial charge on any atom is -0.382 e. The molecule has 1 aliphatic carbocycles. The molecular weight excluding hydrogens is 248 g/mol. The van der Waals surface area contributed by atoms with Gasteiger partial charge in [0.25, 0.3) is 0 Å². The first-order valence-electron chi connectivity index (χ1n) is 6.91. The van der Waals surface area contributed by atoms with Crippen LogP contribution in [0.1, 0.15) is 46.5 Å². The lowest BCUT2D eigenvalue weighted by Gasteiger charge is -2.21. The minimum absolute atomic E-state index is 0.223. The maximum Gasteiger partial charge on any atom is 0.193 e. The molecule has 20 heavy (non-hydrogen) atoms. The molecule has 0 atom stereocenters. The van der Waals surface area contributed by atoms with E-state index < -0.39 is 5.60 Å². The van der Waals surface area contributed by atoms with Crippen LogP contribution in [0.5, 0.6) is 0 Å². The average Bonchev–Trinajstić information content (AvgIpc) is 2.42. The molecule has 0 saturated carbocycles. The Kier molecular flexibility index (Phi) is 2.98. The summed E-state index contributed by atoms with van der Waals surface area (Å²) in [6.45, 7) is 3.06. The number of fused-ring (bicyclic) bond motifs is 2. The molecule has 0 fully saturated rings. The van der Waals surface area contributed by atoms with Crippen LogP contribution in [-0.2, 0) is 12.8 Å². The number of Topliss-reactive ketones (excluding diaryl/α,β-unsaturated/α-hetero) is 1. The molecule has 1 N–H and O–H groups in total. The first-order chi connectivity index (χ1) is 9.45. The van der Waals surface area contributed by atoms with Crippen molar-refractivity contribution in [2.45, 2.75) is 32.3 Å². The molecule has 2 aromatic rings. The summed E-state index contributed by atoms with van der Waals surface area (Å²) in [4.78, 5) is 12.1. The molecule has 0 aromatic heterocycles. The zero-order chi connectivity index (χ0) is 14.3. The van der Waals surface area contributed by atoms with Crippen molar-refractivity contribution in [2.75, 3.05) is 0 Å². The summed E-state index contributed by atoms with van der Waals surface area (Å²) in [5, 5.41) is 9.85. The monoisotopic (exact) mass is 266 g/mol. The second-order valence-corrected chi connectivity index (χ2v) is 5.99. The van der Waals surface area contributed by atoms with Crippen LogP contribution in [0.4, 0.5) is 0 Å². The smallest absolute Gasteiger partial charge is 0.193 e. The Morgan fingerprint density at radius 2 is 1.50 bits per heavy atom. The molecular formula is C18H18O2. The van der Waals surface area contributed by atoms with Crippen molar-refractivity contribution in [2.24, 2.45) is 0 Å². The van der Waals surface area contributed by atoms with Gasteiger partial charge in [0.2, 0.25) is 0 Å². The molecule has 0 saturated heterocycles. The topological polar surface area (TPSA) is 37.3 Å². The Hall–Kier alpha value is -1.93. The van der Waals surface area contributed by atoms with Gasteiger partial charge in [0.15, 0.2) is 5.78 Å². The summed E-state index contributed by atoms with van der Waals surface area (Å²) >= 11 is 0. The van der Waals surface area contributed by atoms with E-state index in [4.69, 9.17) is 0 Å². The fourth-order valence-electron chi connectivity index (χ4n) is 2.77. The van der Waals surface area contributed by atoms with Gasteiger partial charge in [-0.05, 0) is 55.0 Å². The van der Waals surface area contributed by atoms with E-state index in [0.29, 0.717) is 5.56 Å². The van der Waals surface area contributed by atoms with E-state index in [1.54, 1.807) is 0 Å². The third-order valence-corrected chi connectivity index (χ3v) is 3.90. The van der Waals surface area contributed by atoms with E-state index in [9.17, 15) is 9.90 Å². The van der Waals surface area contributed by atoms with Gasteiger partial charge in [-0.3, -0.25) is 4.79 Å². The quantitative estimate of drug-likeness (QED) is 0.724. The minimum atomic E-state index is -1.32. The fourth-order valence-corrected chi connectivity index (χ4v) is 2.77. The molecule has 2 heteroatoms. The lowest BCUT2D eigenvalue weighted by molar-refractivity contribution is 0.0488. The van der Waals surface area contributed by atoms with E-state index in [1.807, 2.05) is 18.2 Å². The highest BCUT2D eigenvalue weighted by atomic mass is 16.3. The van der Waals surface area contributed by atoms with Crippen LogP contribution >= 0.6 is 0 Å². The summed E-state index contributed by atoms with van der Waals surface area (Å²) in [7, 11) is 0. The third-order valence-electron chi connectivity index (χ3n) is 3.90. The number of carbonyl (C=O) groups is 1. The fraction of sp³-hybridized carbons (Fsp3) is 0.278. The van der Waals surface area contributed by atoms with Crippen LogP contribution in [0, 0.1) is 0 Å². The molecule has 102 valence electrons. The number of ketones is 1. The summed E-state index contributed by atoms with van der Waals surface area (Å²) in [6, 6.07) is 14.2. The van der Waals surface area contributed by atoms with Crippen molar-refractivity contribution in [3.8, 4) is 0 Å². The molecule has 2 nitrogen and oxygen atoms in total. The Labute approximate surface area is 119 Å². The molecule has 0 spiro atoms. The van der Waals surface area contributed by atoms with Gasteiger partial charge in [-0.15, -0.1) is 0 Å². The Morgan fingerprint density at radius 3 is 2.10 bits per heavy atom. The van der Waals surface area contributed by atoms with E-state index in [2.05, 4.69) is 24.3 Å². The van der Waals surface area contributed by atoms with Crippen LogP contribution < -0.4 is 0 Å². The van der Waals surface area contributed by atoms with E-state index in [-0.39, 0.29) is 5.78 Å². The highest BCUT2D eigenvalue weighted by Crippen LogP contribution is 2.28. The first-order valence-corrected chi connectivity index (χ1v) is 6.91. The molecule has 0 amide bonds. The molecule has 0 radical (unpaired) electrons. The van der Waals surface area contributed by atoms with Crippen LogP contribution in [-0.4, -0.2) is 16.5 Å². The number of benzene rings is 2. The highest BCUT2D eigenvalue weighted by Gasteiger charge is 2.26. The van der Waals surface area contributed by atoms with E-state index in [1.165, 1.54) is 36.1 Å². The second-order valence-electron chi connectivity index (χ2n) is 5.99. The molecule has 0 heterocycles. The second kappa shape index (κ2) is 4.57. The first kappa shape index (κ1) is 13.1. The van der Waals surface area contributed by atoms with Crippen LogP contribution in [0.2, 0.25) is 0 Å². The summed E-state index contributed by atoms with van der Waals surface area (Å²) < 4.78 is 0. The lowest BCUT2D eigenvalue weighted by atomic mass is 9.84. The highest BCUT2D eigenvalue weighted by molar-refractivity contribution is 6.02. The largest absolute Gasteiger partial charge is 0.382 e. The molecule has 3 rings (SSSR count). The van der Waals surface area contributed by atoms with Gasteiger partial charge in [0, 0.05) is 5.56 Å². The number of hydrogen-bond donors (Lipinski definition) is 1. The van der Waals surface area contributed by atoms with Crippen molar-refractivity contribution >= 4 is 5.78 Å². The lowest BCUT2D eigenvalue weighted by Crippen LogP contribution is -2.31. The zero-order valence-electron chi connectivity index (χ0n) is 11.8. The third kappa shape index (κ3) is 2.27. The number of hydrogen-bond acceptors (Lipinski definition) is 2. The van der Waals surface area contributed by atoms with Gasteiger partial charge in [-0.2, -0.15) is 0 Å². The van der Waals surface area contributed by atoms with E-state index >= 15 is 0 Å². The zero-order valence-corrected chi connectivity index (χ0v) is 11.8. The van der Waals surface area contributed by atoms with E-state index in [0.717, 1.165) is 12.8 Å². The van der Waals surface area contributed by atoms with Gasteiger partial charge in [-0.25, -0.2) is 0 Å². The summed E-state index contributed by atoms with van der Waals surface area (Å²) in [5.74, 6) is -0.223. The summed E-state index contributed by atoms with van der Waals surface area (Å²) in [6.07, 6.45) is 1.78. The van der Waals surface area contributed by atoms with Crippen molar-refractivity contribution < 1.29 is 9.90 Å². The number of rotatable bonds is 2. The normalized spacial score (nSPS) is 13.6. The Balaban J connectivity index is 1.98. The molecule has 0 unspecified atom stereocenters. The van der Waals surface area contributed by atoms with Gasteiger partial charge >= 0.3 is 0 Å². The molecule has 1 aliphatic rings.